The molecule has 1 amide bonds. The number of hydrazone groups is 1. The van der Waals surface area contributed by atoms with E-state index in [-0.39, 0.29) is 5.82 Å². The third-order valence-corrected chi connectivity index (χ3v) is 4.15. The lowest BCUT2D eigenvalue weighted by atomic mass is 10.2. The molecule has 8 heteroatoms. The zero-order chi connectivity index (χ0) is 17.6. The maximum absolute atomic E-state index is 12.8. The average molecular weight is 349 g/mol. The van der Waals surface area contributed by atoms with Crippen LogP contribution in [0.1, 0.15) is 5.56 Å². The van der Waals surface area contributed by atoms with E-state index in [9.17, 15) is 17.6 Å². The lowest BCUT2D eigenvalue weighted by Crippen LogP contribution is -2.38. The predicted octanol–water partition coefficient (Wildman–Crippen LogP) is 1.74. The molecule has 2 aromatic rings. The molecule has 0 radical (unpaired) electrons. The summed E-state index contributed by atoms with van der Waals surface area (Å²) in [5.74, 6) is -0.967. The Labute approximate surface area is 139 Å². The molecule has 0 aromatic heterocycles. The van der Waals surface area contributed by atoms with Crippen molar-refractivity contribution in [1.82, 2.24) is 5.43 Å². The minimum Gasteiger partial charge on any atom is -0.271 e. The fourth-order valence-corrected chi connectivity index (χ4v) is 2.74. The van der Waals surface area contributed by atoms with Crippen LogP contribution in [0.5, 0.6) is 0 Å². The van der Waals surface area contributed by atoms with Crippen molar-refractivity contribution in [2.45, 2.75) is 0 Å². The largest absolute Gasteiger partial charge is 0.271 e. The van der Waals surface area contributed by atoms with Gasteiger partial charge < -0.3 is 0 Å². The molecule has 126 valence electrons. The molecular formula is C16H16FN3O3S. The normalized spacial score (nSPS) is 11.4. The van der Waals surface area contributed by atoms with Crippen LogP contribution in [0.15, 0.2) is 59.7 Å². The van der Waals surface area contributed by atoms with Gasteiger partial charge in [-0.2, -0.15) is 5.10 Å². The highest BCUT2D eigenvalue weighted by Gasteiger charge is 2.20. The number of amides is 1. The molecule has 0 saturated heterocycles. The Morgan fingerprint density at radius 2 is 1.79 bits per heavy atom. The summed E-state index contributed by atoms with van der Waals surface area (Å²) in [6, 6.07) is 13.8. The maximum atomic E-state index is 12.8. The summed E-state index contributed by atoms with van der Waals surface area (Å²) in [7, 11) is -3.62. The fourth-order valence-electron chi connectivity index (χ4n) is 1.89. The summed E-state index contributed by atoms with van der Waals surface area (Å²) in [5, 5.41) is 3.73. The van der Waals surface area contributed by atoms with Crippen LogP contribution in [-0.2, 0) is 14.8 Å². The molecule has 24 heavy (non-hydrogen) atoms. The lowest BCUT2D eigenvalue weighted by Gasteiger charge is -2.21. The van der Waals surface area contributed by atoms with Crippen molar-refractivity contribution in [2.24, 2.45) is 5.10 Å². The van der Waals surface area contributed by atoms with Gasteiger partial charge in [-0.1, -0.05) is 30.3 Å². The number of anilines is 1. The second kappa shape index (κ2) is 7.69. The molecule has 0 heterocycles. The van der Waals surface area contributed by atoms with Crippen molar-refractivity contribution in [3.05, 3.63) is 66.0 Å². The fraction of sp³-hybridized carbons (Fsp3) is 0.125. The molecule has 2 aromatic carbocycles. The molecule has 2 rings (SSSR count). The van der Waals surface area contributed by atoms with Gasteiger partial charge in [-0.25, -0.2) is 18.2 Å². The first-order valence-corrected chi connectivity index (χ1v) is 8.81. The number of carbonyl (C=O) groups is 1. The van der Waals surface area contributed by atoms with Crippen molar-refractivity contribution in [2.75, 3.05) is 17.1 Å². The molecule has 0 aliphatic carbocycles. The quantitative estimate of drug-likeness (QED) is 0.637. The minimum atomic E-state index is -3.62. The number of carbonyl (C=O) groups excluding carboxylic acids is 1. The van der Waals surface area contributed by atoms with Crippen molar-refractivity contribution in [3.8, 4) is 0 Å². The highest BCUT2D eigenvalue weighted by Crippen LogP contribution is 2.16. The summed E-state index contributed by atoms with van der Waals surface area (Å²) >= 11 is 0. The van der Waals surface area contributed by atoms with Crippen LogP contribution in [0.4, 0.5) is 10.1 Å². The van der Waals surface area contributed by atoms with E-state index in [1.165, 1.54) is 30.5 Å². The van der Waals surface area contributed by atoms with Gasteiger partial charge in [-0.3, -0.25) is 9.10 Å². The number of halogens is 1. The predicted molar refractivity (Wildman–Crippen MR) is 90.8 cm³/mol. The van der Waals surface area contributed by atoms with Gasteiger partial charge in [0.05, 0.1) is 18.2 Å². The Morgan fingerprint density at radius 1 is 1.17 bits per heavy atom. The monoisotopic (exact) mass is 349 g/mol. The first kappa shape index (κ1) is 17.6. The smallest absolute Gasteiger partial charge is 0.260 e. The zero-order valence-corrected chi connectivity index (χ0v) is 13.7. The zero-order valence-electron chi connectivity index (χ0n) is 12.9. The van der Waals surface area contributed by atoms with Crippen molar-refractivity contribution in [3.63, 3.8) is 0 Å². The summed E-state index contributed by atoms with van der Waals surface area (Å²) < 4.78 is 37.5. The van der Waals surface area contributed by atoms with Gasteiger partial charge in [0.25, 0.3) is 5.91 Å². The number of sulfonamides is 1. The topological polar surface area (TPSA) is 78.8 Å². The van der Waals surface area contributed by atoms with Crippen molar-refractivity contribution in [1.29, 1.82) is 0 Å². The summed E-state index contributed by atoms with van der Waals surface area (Å²) in [4.78, 5) is 11.9. The van der Waals surface area contributed by atoms with E-state index >= 15 is 0 Å². The molecule has 0 saturated carbocycles. The molecule has 0 atom stereocenters. The number of nitrogens with one attached hydrogen (secondary N) is 1. The van der Waals surface area contributed by atoms with Crippen LogP contribution < -0.4 is 9.73 Å². The highest BCUT2D eigenvalue weighted by atomic mass is 32.2. The number of hydrogen-bond donors (Lipinski definition) is 1. The first-order valence-electron chi connectivity index (χ1n) is 6.96. The Morgan fingerprint density at radius 3 is 2.38 bits per heavy atom. The number of hydrogen-bond acceptors (Lipinski definition) is 4. The molecular weight excluding hydrogens is 333 g/mol. The van der Waals surface area contributed by atoms with E-state index in [0.29, 0.717) is 11.3 Å². The molecule has 0 fully saturated rings. The third-order valence-electron chi connectivity index (χ3n) is 3.00. The third kappa shape index (κ3) is 5.17. The van der Waals surface area contributed by atoms with Crippen molar-refractivity contribution < 1.29 is 17.6 Å². The van der Waals surface area contributed by atoms with Crippen LogP contribution in [0.3, 0.4) is 0 Å². The van der Waals surface area contributed by atoms with Gasteiger partial charge in [-0.15, -0.1) is 0 Å². The van der Waals surface area contributed by atoms with Gasteiger partial charge in [0.2, 0.25) is 10.0 Å². The van der Waals surface area contributed by atoms with Crippen LogP contribution >= 0.6 is 0 Å². The lowest BCUT2D eigenvalue weighted by molar-refractivity contribution is -0.119. The van der Waals surface area contributed by atoms with E-state index in [1.807, 2.05) is 0 Å². The van der Waals surface area contributed by atoms with E-state index in [4.69, 9.17) is 0 Å². The molecule has 0 spiro atoms. The van der Waals surface area contributed by atoms with E-state index < -0.39 is 22.5 Å². The maximum Gasteiger partial charge on any atom is 0.260 e. The Bertz CT molecular complexity index is 821. The second-order valence-electron chi connectivity index (χ2n) is 4.95. The Balaban J connectivity index is 2.02. The molecule has 0 unspecified atom stereocenters. The standard InChI is InChI=1S/C16H16FN3O3S/c1-24(22,23)20(15-5-3-2-4-6-15)12-16(21)19-18-11-13-7-9-14(17)10-8-13/h2-11H,12H2,1H3,(H,19,21)/b18-11-. The van der Waals surface area contributed by atoms with Crippen LogP contribution in [0, 0.1) is 5.82 Å². The molecule has 0 aliphatic heterocycles. The van der Waals surface area contributed by atoms with E-state index in [0.717, 1.165) is 10.6 Å². The number of benzene rings is 2. The van der Waals surface area contributed by atoms with Gasteiger partial charge in [0, 0.05) is 0 Å². The summed E-state index contributed by atoms with van der Waals surface area (Å²) in [5.41, 5.74) is 3.23. The SMILES string of the molecule is CS(=O)(=O)N(CC(=O)N/N=C\c1ccc(F)cc1)c1ccccc1. The van der Waals surface area contributed by atoms with Gasteiger partial charge in [0.15, 0.2) is 0 Å². The molecule has 0 bridgehead atoms. The van der Waals surface area contributed by atoms with Crippen LogP contribution in [-0.4, -0.2) is 33.3 Å². The van der Waals surface area contributed by atoms with Gasteiger partial charge >= 0.3 is 0 Å². The summed E-state index contributed by atoms with van der Waals surface area (Å²) in [6.07, 6.45) is 2.36. The van der Waals surface area contributed by atoms with Gasteiger partial charge in [-0.05, 0) is 29.8 Å². The minimum absolute atomic E-state index is 0.372. The molecule has 1 N–H and O–H groups in total. The Kier molecular flexibility index (Phi) is 5.64. The average Bonchev–Trinajstić information content (AvgIpc) is 2.54. The number of para-hydroxylation sites is 1. The van der Waals surface area contributed by atoms with Crippen LogP contribution in [0.2, 0.25) is 0 Å². The van der Waals surface area contributed by atoms with E-state index in [2.05, 4.69) is 10.5 Å². The highest BCUT2D eigenvalue weighted by molar-refractivity contribution is 7.92. The van der Waals surface area contributed by atoms with Gasteiger partial charge in [0.1, 0.15) is 12.4 Å². The summed E-state index contributed by atoms with van der Waals surface area (Å²) in [6.45, 7) is -0.399. The van der Waals surface area contributed by atoms with E-state index in [1.54, 1.807) is 30.3 Å². The Hall–Kier alpha value is -2.74. The molecule has 0 aliphatic rings. The first-order chi connectivity index (χ1) is 11.4. The van der Waals surface area contributed by atoms with Crippen LogP contribution in [0.25, 0.3) is 0 Å². The van der Waals surface area contributed by atoms with Crippen molar-refractivity contribution >= 4 is 27.8 Å². The second-order valence-corrected chi connectivity index (χ2v) is 6.86. The number of rotatable bonds is 6. The molecule has 6 nitrogen and oxygen atoms in total. The number of nitrogens with zero attached hydrogens (tertiary/aromatic N) is 2.